The lowest BCUT2D eigenvalue weighted by Gasteiger charge is -2.16. The van der Waals surface area contributed by atoms with Gasteiger partial charge in [-0.25, -0.2) is 0 Å². The summed E-state index contributed by atoms with van der Waals surface area (Å²) in [6.07, 6.45) is 0. The molecule has 0 N–H and O–H groups in total. The Morgan fingerprint density at radius 2 is 1.89 bits per heavy atom. The SMILES string of the molecule is Cc1nn(C)c(Cl)c1CN(C)Cc1ccc(Br)cc1. The van der Waals surface area contributed by atoms with Gasteiger partial charge in [-0.2, -0.15) is 5.10 Å². The molecule has 5 heteroatoms. The number of rotatable bonds is 4. The smallest absolute Gasteiger partial charge is 0.131 e. The van der Waals surface area contributed by atoms with Crippen molar-refractivity contribution >= 4 is 27.5 Å². The first-order valence-electron chi connectivity index (χ1n) is 6.08. The van der Waals surface area contributed by atoms with Crippen LogP contribution in [0, 0.1) is 6.92 Å². The summed E-state index contributed by atoms with van der Waals surface area (Å²) in [5.74, 6) is 0. The van der Waals surface area contributed by atoms with Crippen LogP contribution in [0.3, 0.4) is 0 Å². The number of hydrogen-bond donors (Lipinski definition) is 0. The fourth-order valence-corrected chi connectivity index (χ4v) is 2.58. The van der Waals surface area contributed by atoms with Crippen molar-refractivity contribution in [2.75, 3.05) is 7.05 Å². The second kappa shape index (κ2) is 6.07. The summed E-state index contributed by atoms with van der Waals surface area (Å²) in [6, 6.07) is 8.37. The van der Waals surface area contributed by atoms with Crippen molar-refractivity contribution in [2.24, 2.45) is 7.05 Å². The van der Waals surface area contributed by atoms with E-state index in [1.54, 1.807) is 4.68 Å². The van der Waals surface area contributed by atoms with E-state index in [1.165, 1.54) is 5.56 Å². The van der Waals surface area contributed by atoms with E-state index in [0.717, 1.165) is 34.0 Å². The third-order valence-electron chi connectivity index (χ3n) is 3.06. The minimum Gasteiger partial charge on any atom is -0.298 e. The van der Waals surface area contributed by atoms with Crippen LogP contribution < -0.4 is 0 Å². The van der Waals surface area contributed by atoms with E-state index in [0.29, 0.717) is 0 Å². The van der Waals surface area contributed by atoms with Gasteiger partial charge in [0.25, 0.3) is 0 Å². The molecule has 0 aliphatic rings. The molecular formula is C14H17BrClN3. The molecule has 0 aliphatic carbocycles. The van der Waals surface area contributed by atoms with Crippen molar-refractivity contribution in [1.29, 1.82) is 0 Å². The average molecular weight is 343 g/mol. The Kier molecular flexibility index (Phi) is 4.66. The largest absolute Gasteiger partial charge is 0.298 e. The van der Waals surface area contributed by atoms with Crippen molar-refractivity contribution in [3.63, 3.8) is 0 Å². The minimum atomic E-state index is 0.722. The molecule has 1 heterocycles. The van der Waals surface area contributed by atoms with Crippen LogP contribution in [-0.4, -0.2) is 21.7 Å². The number of nitrogens with zero attached hydrogens (tertiary/aromatic N) is 3. The van der Waals surface area contributed by atoms with Crippen LogP contribution in [0.1, 0.15) is 16.8 Å². The molecule has 102 valence electrons. The van der Waals surface area contributed by atoms with Crippen molar-refractivity contribution in [3.05, 3.63) is 50.7 Å². The molecule has 0 unspecified atom stereocenters. The fourth-order valence-electron chi connectivity index (χ4n) is 2.08. The van der Waals surface area contributed by atoms with Gasteiger partial charge in [-0.1, -0.05) is 39.7 Å². The van der Waals surface area contributed by atoms with E-state index in [1.807, 2.05) is 14.0 Å². The topological polar surface area (TPSA) is 21.1 Å². The molecular weight excluding hydrogens is 326 g/mol. The van der Waals surface area contributed by atoms with Gasteiger partial charge >= 0.3 is 0 Å². The van der Waals surface area contributed by atoms with Crippen LogP contribution in [0.25, 0.3) is 0 Å². The summed E-state index contributed by atoms with van der Waals surface area (Å²) >= 11 is 9.69. The van der Waals surface area contributed by atoms with Crippen LogP contribution in [0.2, 0.25) is 5.15 Å². The van der Waals surface area contributed by atoms with Crippen molar-refractivity contribution in [3.8, 4) is 0 Å². The molecule has 0 saturated carbocycles. The van der Waals surface area contributed by atoms with Gasteiger partial charge in [0.15, 0.2) is 0 Å². The molecule has 0 saturated heterocycles. The number of benzene rings is 1. The van der Waals surface area contributed by atoms with E-state index >= 15 is 0 Å². The first-order chi connectivity index (χ1) is 8.97. The third kappa shape index (κ3) is 3.59. The first kappa shape index (κ1) is 14.6. The third-order valence-corrected chi connectivity index (χ3v) is 4.07. The monoisotopic (exact) mass is 341 g/mol. The zero-order valence-corrected chi connectivity index (χ0v) is 13.7. The van der Waals surface area contributed by atoms with Crippen LogP contribution in [0.5, 0.6) is 0 Å². The van der Waals surface area contributed by atoms with Crippen LogP contribution in [0.4, 0.5) is 0 Å². The molecule has 0 radical (unpaired) electrons. The van der Waals surface area contributed by atoms with Crippen molar-refractivity contribution in [1.82, 2.24) is 14.7 Å². The summed E-state index contributed by atoms with van der Waals surface area (Å²) in [6.45, 7) is 3.68. The zero-order chi connectivity index (χ0) is 14.0. The highest BCUT2D eigenvalue weighted by molar-refractivity contribution is 9.10. The van der Waals surface area contributed by atoms with Gasteiger partial charge in [-0.15, -0.1) is 0 Å². The second-order valence-electron chi connectivity index (χ2n) is 4.78. The van der Waals surface area contributed by atoms with E-state index in [-0.39, 0.29) is 0 Å². The number of aromatic nitrogens is 2. The van der Waals surface area contributed by atoms with E-state index < -0.39 is 0 Å². The molecule has 0 fully saturated rings. The molecule has 0 amide bonds. The highest BCUT2D eigenvalue weighted by atomic mass is 79.9. The molecule has 0 spiro atoms. The summed E-state index contributed by atoms with van der Waals surface area (Å²) in [5, 5.41) is 5.06. The Labute approximate surface area is 127 Å². The normalized spacial score (nSPS) is 11.3. The quantitative estimate of drug-likeness (QED) is 0.843. The van der Waals surface area contributed by atoms with Gasteiger partial charge in [0.1, 0.15) is 5.15 Å². The molecule has 1 aromatic carbocycles. The lowest BCUT2D eigenvalue weighted by Crippen LogP contribution is -2.17. The second-order valence-corrected chi connectivity index (χ2v) is 6.05. The maximum Gasteiger partial charge on any atom is 0.131 e. The van der Waals surface area contributed by atoms with Gasteiger partial charge in [0.2, 0.25) is 0 Å². The lowest BCUT2D eigenvalue weighted by molar-refractivity contribution is 0.318. The van der Waals surface area contributed by atoms with Gasteiger partial charge in [-0.3, -0.25) is 9.58 Å². The Morgan fingerprint density at radius 1 is 1.26 bits per heavy atom. The Balaban J connectivity index is 2.05. The van der Waals surface area contributed by atoms with Crippen LogP contribution in [0.15, 0.2) is 28.7 Å². The molecule has 1 aromatic heterocycles. The Bertz CT molecular complexity index is 563. The van der Waals surface area contributed by atoms with Gasteiger partial charge in [0.05, 0.1) is 5.69 Å². The Hall–Kier alpha value is -0.840. The maximum absolute atomic E-state index is 6.25. The highest BCUT2D eigenvalue weighted by Crippen LogP contribution is 2.21. The Morgan fingerprint density at radius 3 is 2.42 bits per heavy atom. The minimum absolute atomic E-state index is 0.722. The van der Waals surface area contributed by atoms with E-state index in [2.05, 4.69) is 57.2 Å². The zero-order valence-electron chi connectivity index (χ0n) is 11.3. The van der Waals surface area contributed by atoms with Crippen LogP contribution in [-0.2, 0) is 20.1 Å². The van der Waals surface area contributed by atoms with Gasteiger partial charge in [-0.05, 0) is 31.7 Å². The summed E-state index contributed by atoms with van der Waals surface area (Å²) < 4.78 is 2.82. The highest BCUT2D eigenvalue weighted by Gasteiger charge is 2.13. The molecule has 2 aromatic rings. The predicted molar refractivity (Wildman–Crippen MR) is 82.3 cm³/mol. The first-order valence-corrected chi connectivity index (χ1v) is 7.25. The molecule has 3 nitrogen and oxygen atoms in total. The summed E-state index contributed by atoms with van der Waals surface area (Å²) in [4.78, 5) is 2.24. The molecule has 0 atom stereocenters. The summed E-state index contributed by atoms with van der Waals surface area (Å²) in [7, 11) is 3.96. The van der Waals surface area contributed by atoms with Crippen LogP contribution >= 0.6 is 27.5 Å². The molecule has 0 aliphatic heterocycles. The molecule has 19 heavy (non-hydrogen) atoms. The van der Waals surface area contributed by atoms with Crippen molar-refractivity contribution in [2.45, 2.75) is 20.0 Å². The van der Waals surface area contributed by atoms with E-state index in [9.17, 15) is 0 Å². The molecule has 2 rings (SSSR count). The number of aryl methyl sites for hydroxylation is 2. The average Bonchev–Trinajstić information content (AvgIpc) is 2.59. The van der Waals surface area contributed by atoms with Crippen molar-refractivity contribution < 1.29 is 0 Å². The standard InChI is InChI=1S/C14H17BrClN3/c1-10-13(14(16)19(3)17-10)9-18(2)8-11-4-6-12(15)7-5-11/h4-7H,8-9H2,1-3H3. The van der Waals surface area contributed by atoms with Gasteiger partial charge < -0.3 is 0 Å². The number of halogens is 2. The van der Waals surface area contributed by atoms with Gasteiger partial charge in [0, 0.05) is 30.2 Å². The number of hydrogen-bond acceptors (Lipinski definition) is 2. The lowest BCUT2D eigenvalue weighted by atomic mass is 10.2. The molecule has 0 bridgehead atoms. The maximum atomic E-state index is 6.25. The summed E-state index contributed by atoms with van der Waals surface area (Å²) in [5.41, 5.74) is 3.38. The fraction of sp³-hybridized carbons (Fsp3) is 0.357. The predicted octanol–water partition coefficient (Wildman–Crippen LogP) is 3.78. The van der Waals surface area contributed by atoms with E-state index in [4.69, 9.17) is 11.6 Å².